The van der Waals surface area contributed by atoms with Gasteiger partial charge in [0.1, 0.15) is 5.75 Å². The monoisotopic (exact) mass is 336 g/mol. The highest BCUT2D eigenvalue weighted by Crippen LogP contribution is 2.22. The number of methoxy groups -OCH3 is 1. The molecule has 0 radical (unpaired) electrons. The molecular weight excluding hydrogens is 304 g/mol. The molecule has 24 heavy (non-hydrogen) atoms. The summed E-state index contributed by atoms with van der Waals surface area (Å²) in [5.74, 6) is 0.173. The molecule has 0 aliphatic heterocycles. The molecule has 136 valence electrons. The lowest BCUT2D eigenvalue weighted by molar-refractivity contribution is 0.0600. The Morgan fingerprint density at radius 2 is 1.62 bits per heavy atom. The second-order valence-corrected chi connectivity index (χ2v) is 6.15. The Morgan fingerprint density at radius 3 is 2.21 bits per heavy atom. The van der Waals surface area contributed by atoms with E-state index < -0.39 is 5.97 Å². The Bertz CT molecular complexity index is 471. The lowest BCUT2D eigenvalue weighted by Gasteiger charge is -2.11. The Labute approximate surface area is 146 Å². The first-order valence-electron chi connectivity index (χ1n) is 9.17. The van der Waals surface area contributed by atoms with E-state index in [4.69, 9.17) is 9.47 Å². The molecule has 0 heterocycles. The van der Waals surface area contributed by atoms with E-state index in [1.807, 2.05) is 0 Å². The summed E-state index contributed by atoms with van der Waals surface area (Å²) in [5, 5.41) is 9.37. The third-order valence-electron chi connectivity index (χ3n) is 4.16. The molecule has 1 N–H and O–H groups in total. The van der Waals surface area contributed by atoms with Crippen LogP contribution in [0.5, 0.6) is 5.75 Å². The van der Waals surface area contributed by atoms with E-state index in [0.717, 1.165) is 12.8 Å². The smallest absolute Gasteiger partial charge is 0.337 e. The minimum absolute atomic E-state index is 0.103. The van der Waals surface area contributed by atoms with Crippen molar-refractivity contribution < 1.29 is 19.4 Å². The molecule has 0 aliphatic rings. The maximum atomic E-state index is 11.6. The summed E-state index contributed by atoms with van der Waals surface area (Å²) in [6.07, 6.45) is 11.4. The summed E-state index contributed by atoms with van der Waals surface area (Å²) >= 11 is 0. The Morgan fingerprint density at radius 1 is 1.00 bits per heavy atom. The summed E-state index contributed by atoms with van der Waals surface area (Å²) < 4.78 is 10.5. The fourth-order valence-corrected chi connectivity index (χ4v) is 2.66. The number of carbonyl (C=O) groups is 1. The van der Waals surface area contributed by atoms with Crippen molar-refractivity contribution in [1.82, 2.24) is 0 Å². The van der Waals surface area contributed by atoms with Crippen LogP contribution in [0, 0.1) is 0 Å². The highest BCUT2D eigenvalue weighted by atomic mass is 16.5. The first kappa shape index (κ1) is 20.5. The fraction of sp³-hybridized carbons (Fsp3) is 0.650. The van der Waals surface area contributed by atoms with E-state index in [1.54, 1.807) is 18.2 Å². The Hall–Kier alpha value is -1.55. The molecule has 0 atom stereocenters. The quantitative estimate of drug-likeness (QED) is 0.412. The molecule has 1 rings (SSSR count). The number of rotatable bonds is 13. The van der Waals surface area contributed by atoms with Crippen LogP contribution in [-0.2, 0) is 11.3 Å². The van der Waals surface area contributed by atoms with Crippen LogP contribution >= 0.6 is 0 Å². The number of carbonyl (C=O) groups excluding carboxylic acids is 1. The summed E-state index contributed by atoms with van der Waals surface area (Å²) in [6, 6.07) is 4.99. The number of esters is 1. The molecule has 1 aromatic rings. The average Bonchev–Trinajstić information content (AvgIpc) is 2.62. The van der Waals surface area contributed by atoms with Crippen LogP contribution < -0.4 is 4.74 Å². The first-order chi connectivity index (χ1) is 11.7. The molecule has 0 aromatic heterocycles. The van der Waals surface area contributed by atoms with Gasteiger partial charge in [0.25, 0.3) is 0 Å². The maximum absolute atomic E-state index is 11.6. The van der Waals surface area contributed by atoms with Crippen molar-refractivity contribution in [3.8, 4) is 5.75 Å². The second kappa shape index (κ2) is 12.8. The molecule has 0 saturated carbocycles. The van der Waals surface area contributed by atoms with E-state index in [0.29, 0.717) is 23.5 Å². The normalized spacial score (nSPS) is 10.6. The first-order valence-corrected chi connectivity index (χ1v) is 9.17. The van der Waals surface area contributed by atoms with Crippen molar-refractivity contribution in [2.75, 3.05) is 13.7 Å². The van der Waals surface area contributed by atoms with Gasteiger partial charge in [-0.1, -0.05) is 64.4 Å². The van der Waals surface area contributed by atoms with Gasteiger partial charge in [0.05, 0.1) is 25.9 Å². The van der Waals surface area contributed by atoms with Gasteiger partial charge in [-0.05, 0) is 18.6 Å². The molecule has 4 heteroatoms. The van der Waals surface area contributed by atoms with Crippen LogP contribution in [0.3, 0.4) is 0 Å². The minimum Gasteiger partial charge on any atom is -0.493 e. The molecule has 0 fully saturated rings. The number of ether oxygens (including phenoxy) is 2. The van der Waals surface area contributed by atoms with Gasteiger partial charge in [-0.25, -0.2) is 4.79 Å². The lowest BCUT2D eigenvalue weighted by atomic mass is 10.1. The summed E-state index contributed by atoms with van der Waals surface area (Å²) in [6.45, 7) is 2.74. The van der Waals surface area contributed by atoms with Crippen molar-refractivity contribution in [1.29, 1.82) is 0 Å². The highest BCUT2D eigenvalue weighted by molar-refractivity contribution is 5.89. The van der Waals surface area contributed by atoms with Crippen LogP contribution in [0.25, 0.3) is 0 Å². The Kier molecular flexibility index (Phi) is 10.9. The average molecular weight is 336 g/mol. The van der Waals surface area contributed by atoms with E-state index in [9.17, 15) is 9.90 Å². The summed E-state index contributed by atoms with van der Waals surface area (Å²) in [4.78, 5) is 11.6. The van der Waals surface area contributed by atoms with Gasteiger partial charge in [0, 0.05) is 5.56 Å². The number of unbranched alkanes of at least 4 members (excludes halogenated alkanes) is 8. The SMILES string of the molecule is CCCCCCCCCCCOc1cc(C(=O)OC)ccc1CO. The molecule has 0 unspecified atom stereocenters. The van der Waals surface area contributed by atoms with Crippen molar-refractivity contribution in [3.63, 3.8) is 0 Å². The zero-order valence-corrected chi connectivity index (χ0v) is 15.2. The van der Waals surface area contributed by atoms with Crippen LogP contribution in [0.15, 0.2) is 18.2 Å². The predicted molar refractivity (Wildman–Crippen MR) is 96.4 cm³/mol. The molecule has 1 aromatic carbocycles. The van der Waals surface area contributed by atoms with Gasteiger partial charge in [-0.15, -0.1) is 0 Å². The van der Waals surface area contributed by atoms with Gasteiger partial charge in [0.2, 0.25) is 0 Å². The number of aliphatic hydroxyl groups excluding tert-OH is 1. The topological polar surface area (TPSA) is 55.8 Å². The number of benzene rings is 1. The Balaban J connectivity index is 2.25. The molecular formula is C20H32O4. The molecule has 0 aliphatic carbocycles. The molecule has 0 bridgehead atoms. The highest BCUT2D eigenvalue weighted by Gasteiger charge is 2.10. The summed E-state index contributed by atoms with van der Waals surface area (Å²) in [7, 11) is 1.35. The van der Waals surface area contributed by atoms with Crippen LogP contribution in [0.2, 0.25) is 0 Å². The third-order valence-corrected chi connectivity index (χ3v) is 4.16. The van der Waals surface area contributed by atoms with E-state index in [-0.39, 0.29) is 6.61 Å². The molecule has 0 saturated heterocycles. The summed E-state index contributed by atoms with van der Waals surface area (Å²) in [5.41, 5.74) is 1.13. The minimum atomic E-state index is -0.396. The van der Waals surface area contributed by atoms with Crippen LogP contribution in [0.1, 0.15) is 80.6 Å². The molecule has 0 amide bonds. The number of hydrogen-bond donors (Lipinski definition) is 1. The van der Waals surface area contributed by atoms with Crippen molar-refractivity contribution in [3.05, 3.63) is 29.3 Å². The predicted octanol–water partition coefficient (Wildman–Crippen LogP) is 4.88. The van der Waals surface area contributed by atoms with E-state index in [1.165, 1.54) is 52.1 Å². The zero-order chi connectivity index (χ0) is 17.6. The van der Waals surface area contributed by atoms with Gasteiger partial charge < -0.3 is 14.6 Å². The lowest BCUT2D eigenvalue weighted by Crippen LogP contribution is -2.05. The standard InChI is InChI=1S/C20H32O4/c1-3-4-5-6-7-8-9-10-11-14-24-19-15-17(20(22)23-2)12-13-18(19)16-21/h12-13,15,21H,3-11,14,16H2,1-2H3. The van der Waals surface area contributed by atoms with E-state index >= 15 is 0 Å². The van der Waals surface area contributed by atoms with Gasteiger partial charge in [0.15, 0.2) is 0 Å². The third kappa shape index (κ3) is 7.82. The zero-order valence-electron chi connectivity index (χ0n) is 15.2. The molecule has 4 nitrogen and oxygen atoms in total. The van der Waals surface area contributed by atoms with Crippen molar-refractivity contribution in [2.45, 2.75) is 71.3 Å². The second-order valence-electron chi connectivity index (χ2n) is 6.15. The maximum Gasteiger partial charge on any atom is 0.337 e. The van der Waals surface area contributed by atoms with Gasteiger partial charge in [-0.2, -0.15) is 0 Å². The van der Waals surface area contributed by atoms with Gasteiger partial charge in [-0.3, -0.25) is 0 Å². The van der Waals surface area contributed by atoms with Crippen molar-refractivity contribution >= 4 is 5.97 Å². The van der Waals surface area contributed by atoms with Crippen molar-refractivity contribution in [2.24, 2.45) is 0 Å². The van der Waals surface area contributed by atoms with Gasteiger partial charge >= 0.3 is 5.97 Å². The largest absolute Gasteiger partial charge is 0.493 e. The number of hydrogen-bond acceptors (Lipinski definition) is 4. The van der Waals surface area contributed by atoms with E-state index in [2.05, 4.69) is 6.92 Å². The van der Waals surface area contributed by atoms with Crippen LogP contribution in [-0.4, -0.2) is 24.8 Å². The molecule has 0 spiro atoms. The van der Waals surface area contributed by atoms with Crippen LogP contribution in [0.4, 0.5) is 0 Å². The fourth-order valence-electron chi connectivity index (χ4n) is 2.66. The number of aliphatic hydroxyl groups is 1.